The van der Waals surface area contributed by atoms with Crippen LogP contribution in [0.15, 0.2) is 24.3 Å². The van der Waals surface area contributed by atoms with Crippen molar-refractivity contribution in [3.05, 3.63) is 35.4 Å². The lowest BCUT2D eigenvalue weighted by Crippen LogP contribution is -2.35. The molecule has 1 aromatic carbocycles. The zero-order chi connectivity index (χ0) is 18.4. The normalized spacial score (nSPS) is 13.1. The smallest absolute Gasteiger partial charge is 0.0724 e. The molecule has 0 aliphatic heterocycles. The highest BCUT2D eigenvalue weighted by atomic mass is 16.5. The molecule has 0 fully saturated rings. The third-order valence-electron chi connectivity index (χ3n) is 3.76. The van der Waals surface area contributed by atoms with E-state index >= 15 is 0 Å². The minimum Gasteiger partial charge on any atom is -0.371 e. The van der Waals surface area contributed by atoms with Crippen LogP contribution >= 0.6 is 0 Å². The lowest BCUT2D eigenvalue weighted by molar-refractivity contribution is -0.0149. The van der Waals surface area contributed by atoms with Gasteiger partial charge in [0.1, 0.15) is 0 Å². The van der Waals surface area contributed by atoms with E-state index in [9.17, 15) is 0 Å². The molecule has 0 unspecified atom stereocenters. The van der Waals surface area contributed by atoms with Gasteiger partial charge in [0.05, 0.1) is 12.2 Å². The maximum absolute atomic E-state index is 5.83. The highest BCUT2D eigenvalue weighted by Crippen LogP contribution is 2.15. The molecule has 24 heavy (non-hydrogen) atoms. The zero-order valence-electron chi connectivity index (χ0n) is 17.1. The van der Waals surface area contributed by atoms with E-state index in [1.807, 2.05) is 0 Å². The van der Waals surface area contributed by atoms with Gasteiger partial charge in [-0.25, -0.2) is 0 Å². The van der Waals surface area contributed by atoms with Gasteiger partial charge in [-0.15, -0.1) is 0 Å². The molecule has 0 atom stereocenters. The number of ether oxygens (including phenoxy) is 1. The Kier molecular flexibility index (Phi) is 7.91. The van der Waals surface area contributed by atoms with Crippen LogP contribution in [0.3, 0.4) is 0 Å². The van der Waals surface area contributed by atoms with Gasteiger partial charge in [-0.05, 0) is 51.4 Å². The average Bonchev–Trinajstić information content (AvgIpc) is 2.42. The van der Waals surface area contributed by atoms with Crippen molar-refractivity contribution in [1.82, 2.24) is 9.80 Å². The summed E-state index contributed by atoms with van der Waals surface area (Å²) in [6.45, 7) is 18.1. The van der Waals surface area contributed by atoms with Crippen LogP contribution in [0.1, 0.15) is 52.7 Å². The summed E-state index contributed by atoms with van der Waals surface area (Å²) < 4.78 is 5.83. The molecule has 138 valence electrons. The fourth-order valence-corrected chi connectivity index (χ4v) is 2.66. The van der Waals surface area contributed by atoms with Crippen molar-refractivity contribution in [1.29, 1.82) is 0 Å². The Hall–Kier alpha value is -0.900. The first-order chi connectivity index (χ1) is 10.9. The number of hydrogen-bond acceptors (Lipinski definition) is 3. The van der Waals surface area contributed by atoms with Gasteiger partial charge in [0, 0.05) is 26.2 Å². The maximum atomic E-state index is 5.83. The number of benzene rings is 1. The second-order valence-electron chi connectivity index (χ2n) is 9.25. The standard InChI is InChI=1S/C21H38N2O/c1-20(2,3)17-23(8)14-13-22(7)15-18-9-11-19(12-10-18)16-24-21(4,5)6/h9-12H,13-17H2,1-8H3. The minimum atomic E-state index is -0.0853. The van der Waals surface area contributed by atoms with Crippen molar-refractivity contribution in [2.45, 2.75) is 60.3 Å². The summed E-state index contributed by atoms with van der Waals surface area (Å²) in [5.74, 6) is 0. The van der Waals surface area contributed by atoms with Gasteiger partial charge in [0.25, 0.3) is 0 Å². The highest BCUT2D eigenvalue weighted by molar-refractivity contribution is 5.22. The first-order valence-electron chi connectivity index (χ1n) is 9.03. The Balaban J connectivity index is 2.38. The average molecular weight is 335 g/mol. The molecule has 3 nitrogen and oxygen atoms in total. The van der Waals surface area contributed by atoms with Crippen LogP contribution in [0, 0.1) is 5.41 Å². The molecule has 3 heteroatoms. The van der Waals surface area contributed by atoms with Gasteiger partial charge in [0.2, 0.25) is 0 Å². The third kappa shape index (κ3) is 10.1. The molecule has 1 rings (SSSR count). The number of hydrogen-bond donors (Lipinski definition) is 0. The van der Waals surface area contributed by atoms with Crippen LogP contribution in [0.25, 0.3) is 0 Å². The Morgan fingerprint density at radius 3 is 1.79 bits per heavy atom. The molecule has 0 aromatic heterocycles. The monoisotopic (exact) mass is 334 g/mol. The summed E-state index contributed by atoms with van der Waals surface area (Å²) in [5, 5.41) is 0. The van der Waals surface area contributed by atoms with Crippen molar-refractivity contribution >= 4 is 0 Å². The van der Waals surface area contributed by atoms with E-state index in [-0.39, 0.29) is 5.60 Å². The van der Waals surface area contributed by atoms with Crippen molar-refractivity contribution in [2.24, 2.45) is 5.41 Å². The minimum absolute atomic E-state index is 0.0853. The van der Waals surface area contributed by atoms with Crippen LogP contribution in [0.2, 0.25) is 0 Å². The maximum Gasteiger partial charge on any atom is 0.0724 e. The number of nitrogens with zero attached hydrogens (tertiary/aromatic N) is 2. The molecule has 0 amide bonds. The Labute approximate surface area is 150 Å². The Morgan fingerprint density at radius 2 is 1.29 bits per heavy atom. The number of rotatable bonds is 8. The summed E-state index contributed by atoms with van der Waals surface area (Å²) in [6.07, 6.45) is 0. The van der Waals surface area contributed by atoms with Gasteiger partial charge in [-0.3, -0.25) is 0 Å². The van der Waals surface area contributed by atoms with E-state index in [0.29, 0.717) is 12.0 Å². The summed E-state index contributed by atoms with van der Waals surface area (Å²) in [5.41, 5.74) is 2.87. The summed E-state index contributed by atoms with van der Waals surface area (Å²) in [6, 6.07) is 8.80. The molecule has 0 bridgehead atoms. The predicted molar refractivity (Wildman–Crippen MR) is 104 cm³/mol. The molecular formula is C21H38N2O. The van der Waals surface area contributed by atoms with E-state index in [1.54, 1.807) is 0 Å². The van der Waals surface area contributed by atoms with Crippen molar-refractivity contribution < 1.29 is 4.74 Å². The first kappa shape index (κ1) is 21.1. The van der Waals surface area contributed by atoms with Crippen LogP contribution in [0.4, 0.5) is 0 Å². The van der Waals surface area contributed by atoms with E-state index in [1.165, 1.54) is 11.1 Å². The van der Waals surface area contributed by atoms with Gasteiger partial charge in [-0.2, -0.15) is 0 Å². The van der Waals surface area contributed by atoms with E-state index < -0.39 is 0 Å². The van der Waals surface area contributed by atoms with Gasteiger partial charge in [0.15, 0.2) is 0 Å². The van der Waals surface area contributed by atoms with Crippen LogP contribution < -0.4 is 0 Å². The van der Waals surface area contributed by atoms with Crippen LogP contribution in [0.5, 0.6) is 0 Å². The zero-order valence-corrected chi connectivity index (χ0v) is 17.1. The number of likely N-dealkylation sites (N-methyl/N-ethyl adjacent to an activating group) is 2. The second-order valence-corrected chi connectivity index (χ2v) is 9.25. The lowest BCUT2D eigenvalue weighted by atomic mass is 9.96. The summed E-state index contributed by atoms with van der Waals surface area (Å²) in [4.78, 5) is 4.81. The fraction of sp³-hybridized carbons (Fsp3) is 0.714. The molecule has 0 heterocycles. The SMILES string of the molecule is CN(CCN(C)CC(C)(C)C)Cc1ccc(COC(C)(C)C)cc1. The van der Waals surface area contributed by atoms with Gasteiger partial charge < -0.3 is 14.5 Å². The van der Waals surface area contributed by atoms with E-state index in [2.05, 4.69) is 89.7 Å². The summed E-state index contributed by atoms with van der Waals surface area (Å²) in [7, 11) is 4.41. The largest absolute Gasteiger partial charge is 0.371 e. The van der Waals surface area contributed by atoms with Gasteiger partial charge >= 0.3 is 0 Å². The van der Waals surface area contributed by atoms with Crippen molar-refractivity contribution in [2.75, 3.05) is 33.7 Å². The van der Waals surface area contributed by atoms with E-state index in [0.717, 1.165) is 26.2 Å². The molecule has 0 aliphatic carbocycles. The second kappa shape index (κ2) is 8.98. The van der Waals surface area contributed by atoms with Crippen molar-refractivity contribution in [3.63, 3.8) is 0 Å². The van der Waals surface area contributed by atoms with E-state index in [4.69, 9.17) is 4.74 Å². The topological polar surface area (TPSA) is 15.7 Å². The molecule has 0 aliphatic rings. The fourth-order valence-electron chi connectivity index (χ4n) is 2.66. The quantitative estimate of drug-likeness (QED) is 0.700. The van der Waals surface area contributed by atoms with Crippen LogP contribution in [-0.2, 0) is 17.9 Å². The highest BCUT2D eigenvalue weighted by Gasteiger charge is 2.14. The molecular weight excluding hydrogens is 296 g/mol. The Morgan fingerprint density at radius 1 is 0.792 bits per heavy atom. The molecule has 0 saturated heterocycles. The molecule has 0 N–H and O–H groups in total. The molecule has 0 saturated carbocycles. The van der Waals surface area contributed by atoms with Crippen LogP contribution in [-0.4, -0.2) is 49.1 Å². The summed E-state index contributed by atoms with van der Waals surface area (Å²) >= 11 is 0. The van der Waals surface area contributed by atoms with Crippen molar-refractivity contribution in [3.8, 4) is 0 Å². The molecule has 1 aromatic rings. The lowest BCUT2D eigenvalue weighted by Gasteiger charge is -2.28. The Bertz CT molecular complexity index is 468. The predicted octanol–water partition coefficient (Wildman–Crippen LogP) is 4.41. The molecule has 0 radical (unpaired) electrons. The first-order valence-corrected chi connectivity index (χ1v) is 9.03. The van der Waals surface area contributed by atoms with Gasteiger partial charge in [-0.1, -0.05) is 45.0 Å². The third-order valence-corrected chi connectivity index (χ3v) is 3.76. The molecule has 0 spiro atoms.